The fourth-order valence-corrected chi connectivity index (χ4v) is 3.68. The highest BCUT2D eigenvalue weighted by Gasteiger charge is 2.46. The minimum atomic E-state index is -5.49. The number of nitriles is 1. The first-order chi connectivity index (χ1) is 8.76. The molecule has 0 radical (unpaired) electrons. The molecule has 1 aliphatic heterocycles. The zero-order valence-electron chi connectivity index (χ0n) is 9.34. The van der Waals surface area contributed by atoms with Crippen LogP contribution in [-0.4, -0.2) is 20.5 Å². The van der Waals surface area contributed by atoms with E-state index >= 15 is 0 Å². The number of alkyl halides is 3. The fraction of sp³-hybridized carbons (Fsp3) is 0.444. The summed E-state index contributed by atoms with van der Waals surface area (Å²) in [6.07, 6.45) is 0.489. The summed E-state index contributed by atoms with van der Waals surface area (Å²) in [7, 11) is -5.49. The Morgan fingerprint density at radius 2 is 2.11 bits per heavy atom. The standard InChI is InChI=1S/C9H8F3N3O2S2/c10-9(11,12)19(16,17)15-8-6(3-13)5-1-2-14-4-7(5)18-8/h14-15H,1-2,4H2. The quantitative estimate of drug-likeness (QED) is 0.868. The summed E-state index contributed by atoms with van der Waals surface area (Å²) in [5.74, 6) is 0. The molecule has 0 spiro atoms. The molecule has 10 heteroatoms. The van der Waals surface area contributed by atoms with Crippen molar-refractivity contribution in [2.75, 3.05) is 11.3 Å². The third-order valence-corrected chi connectivity index (χ3v) is 4.93. The van der Waals surface area contributed by atoms with E-state index in [0.717, 1.165) is 11.3 Å². The topological polar surface area (TPSA) is 82.0 Å². The number of fused-ring (bicyclic) bond motifs is 1. The Kier molecular flexibility index (Phi) is 3.46. The van der Waals surface area contributed by atoms with Gasteiger partial charge in [0, 0.05) is 11.4 Å². The van der Waals surface area contributed by atoms with Gasteiger partial charge in [0.15, 0.2) is 0 Å². The number of sulfonamides is 1. The van der Waals surface area contributed by atoms with E-state index < -0.39 is 15.5 Å². The molecule has 1 aromatic rings. The van der Waals surface area contributed by atoms with E-state index in [2.05, 4.69) is 5.32 Å². The van der Waals surface area contributed by atoms with Gasteiger partial charge < -0.3 is 5.32 Å². The number of nitrogens with one attached hydrogen (secondary N) is 2. The number of rotatable bonds is 2. The van der Waals surface area contributed by atoms with Crippen LogP contribution >= 0.6 is 11.3 Å². The van der Waals surface area contributed by atoms with E-state index in [1.165, 1.54) is 4.72 Å². The molecule has 2 N–H and O–H groups in total. The van der Waals surface area contributed by atoms with Gasteiger partial charge in [-0.25, -0.2) is 0 Å². The average molecular weight is 311 g/mol. The van der Waals surface area contributed by atoms with E-state index in [0.29, 0.717) is 30.0 Å². The molecule has 0 fully saturated rings. The summed E-state index contributed by atoms with van der Waals surface area (Å²) >= 11 is 0.854. The van der Waals surface area contributed by atoms with Crippen molar-refractivity contribution in [2.45, 2.75) is 18.5 Å². The van der Waals surface area contributed by atoms with Crippen molar-refractivity contribution in [3.63, 3.8) is 0 Å². The largest absolute Gasteiger partial charge is 0.516 e. The van der Waals surface area contributed by atoms with Gasteiger partial charge in [0.05, 0.1) is 5.56 Å². The Labute approximate surface area is 111 Å². The van der Waals surface area contributed by atoms with Crippen LogP contribution in [0.4, 0.5) is 18.2 Å². The number of halogens is 3. The van der Waals surface area contributed by atoms with Crippen molar-refractivity contribution in [2.24, 2.45) is 0 Å². The molecule has 2 rings (SSSR count). The molecule has 19 heavy (non-hydrogen) atoms. The molecule has 104 valence electrons. The smallest absolute Gasteiger partial charge is 0.312 e. The maximum atomic E-state index is 12.3. The lowest BCUT2D eigenvalue weighted by atomic mass is 10.1. The van der Waals surface area contributed by atoms with Gasteiger partial charge in [-0.1, -0.05) is 0 Å². The molecule has 5 nitrogen and oxygen atoms in total. The monoisotopic (exact) mass is 311 g/mol. The molecular weight excluding hydrogens is 303 g/mol. The van der Waals surface area contributed by atoms with Crippen LogP contribution in [-0.2, 0) is 23.0 Å². The molecule has 0 atom stereocenters. The molecule has 0 aromatic carbocycles. The van der Waals surface area contributed by atoms with Crippen molar-refractivity contribution in [1.29, 1.82) is 5.26 Å². The van der Waals surface area contributed by atoms with Gasteiger partial charge in [-0.05, 0) is 18.5 Å². The Morgan fingerprint density at radius 1 is 1.42 bits per heavy atom. The highest BCUT2D eigenvalue weighted by Crippen LogP contribution is 2.37. The predicted molar refractivity (Wildman–Crippen MR) is 63.0 cm³/mol. The van der Waals surface area contributed by atoms with E-state index in [4.69, 9.17) is 5.26 Å². The molecular formula is C9H8F3N3O2S2. The van der Waals surface area contributed by atoms with Crippen LogP contribution in [0.2, 0.25) is 0 Å². The number of thiophene rings is 1. The number of anilines is 1. The third-order valence-electron chi connectivity index (χ3n) is 2.57. The van der Waals surface area contributed by atoms with E-state index in [1.807, 2.05) is 0 Å². The molecule has 0 aliphatic carbocycles. The Balaban J connectivity index is 2.43. The van der Waals surface area contributed by atoms with Gasteiger partial charge in [0.1, 0.15) is 11.1 Å². The van der Waals surface area contributed by atoms with Crippen molar-refractivity contribution in [3.05, 3.63) is 16.0 Å². The fourth-order valence-electron chi connectivity index (χ4n) is 1.70. The highest BCUT2D eigenvalue weighted by atomic mass is 32.2. The molecule has 1 aromatic heterocycles. The minimum absolute atomic E-state index is 0.0191. The third kappa shape index (κ3) is 2.54. The van der Waals surface area contributed by atoms with Crippen LogP contribution in [0.25, 0.3) is 0 Å². The maximum Gasteiger partial charge on any atom is 0.516 e. The summed E-state index contributed by atoms with van der Waals surface area (Å²) in [5, 5.41) is 11.7. The second-order valence-corrected chi connectivity index (χ2v) is 6.58. The first kappa shape index (κ1) is 14.1. The van der Waals surface area contributed by atoms with Gasteiger partial charge in [0.25, 0.3) is 0 Å². The number of nitrogens with zero attached hydrogens (tertiary/aromatic N) is 1. The zero-order valence-corrected chi connectivity index (χ0v) is 11.0. The van der Waals surface area contributed by atoms with Crippen LogP contribution < -0.4 is 10.0 Å². The van der Waals surface area contributed by atoms with E-state index in [1.54, 1.807) is 6.07 Å². The summed E-state index contributed by atoms with van der Waals surface area (Å²) in [6.45, 7) is 1.02. The molecule has 0 bridgehead atoms. The molecule has 0 amide bonds. The molecule has 0 unspecified atom stereocenters. The average Bonchev–Trinajstić information content (AvgIpc) is 2.63. The van der Waals surface area contributed by atoms with Crippen molar-refractivity contribution >= 4 is 26.4 Å². The van der Waals surface area contributed by atoms with Gasteiger partial charge in [-0.2, -0.15) is 26.9 Å². The van der Waals surface area contributed by atoms with Gasteiger partial charge in [0.2, 0.25) is 0 Å². The summed E-state index contributed by atoms with van der Waals surface area (Å²) in [5.41, 5.74) is -4.80. The minimum Gasteiger partial charge on any atom is -0.312 e. The van der Waals surface area contributed by atoms with Gasteiger partial charge in [-0.15, -0.1) is 11.3 Å². The number of hydrogen-bond acceptors (Lipinski definition) is 5. The van der Waals surface area contributed by atoms with Crippen LogP contribution in [0.1, 0.15) is 16.0 Å². The first-order valence-corrected chi connectivity index (χ1v) is 7.40. The second kappa shape index (κ2) is 4.66. The normalized spacial score (nSPS) is 15.7. The lowest BCUT2D eigenvalue weighted by Gasteiger charge is -2.11. The van der Waals surface area contributed by atoms with E-state index in [9.17, 15) is 21.6 Å². The SMILES string of the molecule is N#Cc1c(NS(=O)(=O)C(F)(F)F)sc2c1CCNC2. The van der Waals surface area contributed by atoms with Crippen molar-refractivity contribution < 1.29 is 21.6 Å². The summed E-state index contributed by atoms with van der Waals surface area (Å²) in [6, 6.07) is 1.77. The summed E-state index contributed by atoms with van der Waals surface area (Å²) < 4.78 is 60.4. The van der Waals surface area contributed by atoms with Crippen molar-refractivity contribution in [3.8, 4) is 6.07 Å². The molecule has 1 aliphatic rings. The molecule has 0 saturated heterocycles. The molecule has 2 heterocycles. The Morgan fingerprint density at radius 3 is 2.68 bits per heavy atom. The lowest BCUT2D eigenvalue weighted by Crippen LogP contribution is -2.29. The second-order valence-electron chi connectivity index (χ2n) is 3.80. The summed E-state index contributed by atoms with van der Waals surface area (Å²) in [4.78, 5) is 0.683. The van der Waals surface area contributed by atoms with Gasteiger partial charge in [-0.3, -0.25) is 4.72 Å². The van der Waals surface area contributed by atoms with Crippen LogP contribution in [0.5, 0.6) is 0 Å². The van der Waals surface area contributed by atoms with Crippen LogP contribution in [0.15, 0.2) is 0 Å². The Hall–Kier alpha value is -1.31. The molecule has 0 saturated carbocycles. The van der Waals surface area contributed by atoms with Crippen LogP contribution in [0, 0.1) is 11.3 Å². The zero-order chi connectivity index (χ0) is 14.3. The Bertz CT molecular complexity index is 643. The number of hydrogen-bond donors (Lipinski definition) is 2. The van der Waals surface area contributed by atoms with E-state index in [-0.39, 0.29) is 10.6 Å². The van der Waals surface area contributed by atoms with Crippen molar-refractivity contribution in [1.82, 2.24) is 5.32 Å². The predicted octanol–water partition coefficient (Wildman–Crippen LogP) is 1.53. The van der Waals surface area contributed by atoms with Gasteiger partial charge >= 0.3 is 15.5 Å². The van der Waals surface area contributed by atoms with Crippen LogP contribution in [0.3, 0.4) is 0 Å². The highest BCUT2D eigenvalue weighted by molar-refractivity contribution is 7.93. The lowest BCUT2D eigenvalue weighted by molar-refractivity contribution is -0.0429. The first-order valence-electron chi connectivity index (χ1n) is 5.10. The maximum absolute atomic E-state index is 12.3.